The fraction of sp³-hybridized carbons (Fsp3) is 0.0164. The first-order valence-electron chi connectivity index (χ1n) is 45.7. The second-order valence-corrected chi connectivity index (χ2v) is 35.2. The molecule has 0 radical (unpaired) electrons. The third kappa shape index (κ3) is 11.7. The molecule has 1 atom stereocenters. The summed E-state index contributed by atoms with van der Waals surface area (Å²) in [5.74, 6) is 3.44. The van der Waals surface area contributed by atoms with Crippen LogP contribution in [0.2, 0.25) is 0 Å². The van der Waals surface area contributed by atoms with Gasteiger partial charge in [0.25, 0.3) is 0 Å². The van der Waals surface area contributed by atoms with Gasteiger partial charge in [-0.05, 0) is 219 Å². The van der Waals surface area contributed by atoms with E-state index in [1.165, 1.54) is 43.4 Å². The van der Waals surface area contributed by atoms with Gasteiger partial charge in [-0.3, -0.25) is 9.13 Å². The minimum Gasteiger partial charge on any atom is -0.309 e. The zero-order valence-corrected chi connectivity index (χ0v) is 72.3. The number of hydrogen-bond donors (Lipinski definition) is 0. The van der Waals surface area contributed by atoms with Crippen LogP contribution in [-0.2, 0) is 0 Å². The van der Waals surface area contributed by atoms with Crippen molar-refractivity contribution in [1.82, 2.24) is 57.3 Å². The molecule has 0 spiro atoms. The Hall–Kier alpha value is -18.0. The van der Waals surface area contributed by atoms with Gasteiger partial charge >= 0.3 is 0 Å². The first-order chi connectivity index (χ1) is 66.4. The Morgan fingerprint density at radius 2 is 0.493 bits per heavy atom. The van der Waals surface area contributed by atoms with Crippen LogP contribution in [-0.4, -0.2) is 57.3 Å². The fourth-order valence-corrected chi connectivity index (χ4v) is 21.7. The Kier molecular flexibility index (Phi) is 16.7. The van der Waals surface area contributed by atoms with Crippen molar-refractivity contribution in [2.45, 2.75) is 12.3 Å². The molecule has 0 aliphatic heterocycles. The maximum atomic E-state index is 5.68. The minimum absolute atomic E-state index is 0.0946. The van der Waals surface area contributed by atoms with Crippen LogP contribution in [0, 0.1) is 0 Å². The molecule has 134 heavy (non-hydrogen) atoms. The fourth-order valence-electron chi connectivity index (χ4n) is 21.7. The van der Waals surface area contributed by atoms with E-state index >= 15 is 0 Å². The molecule has 12 heteroatoms. The first-order valence-corrected chi connectivity index (χ1v) is 45.7. The van der Waals surface area contributed by atoms with Crippen molar-refractivity contribution in [1.29, 1.82) is 0 Å². The van der Waals surface area contributed by atoms with Gasteiger partial charge in [0.15, 0.2) is 17.5 Å². The molecule has 0 N–H and O–H groups in total. The van der Waals surface area contributed by atoms with Crippen LogP contribution in [0.3, 0.4) is 0 Å². The molecule has 19 aromatic carbocycles. The summed E-state index contributed by atoms with van der Waals surface area (Å²) in [4.78, 5) is 33.4. The predicted octanol–water partition coefficient (Wildman–Crippen LogP) is 30.5. The molecule has 1 aliphatic carbocycles. The van der Waals surface area contributed by atoms with Crippen molar-refractivity contribution < 1.29 is 0 Å². The van der Waals surface area contributed by atoms with Gasteiger partial charge in [-0.25, -0.2) is 9.97 Å². The molecular weight excluding hydrogens is 1630 g/mol. The van der Waals surface area contributed by atoms with Gasteiger partial charge in [0.1, 0.15) is 5.82 Å². The molecule has 12 nitrogen and oxygen atoms in total. The molecule has 28 rings (SSSR count). The van der Waals surface area contributed by atoms with Crippen LogP contribution in [0.1, 0.15) is 18.2 Å². The van der Waals surface area contributed by atoms with E-state index in [-0.39, 0.29) is 5.92 Å². The lowest BCUT2D eigenvalue weighted by Gasteiger charge is -2.16. The highest BCUT2D eigenvalue weighted by molar-refractivity contribution is 6.18. The number of para-hydroxylation sites is 7. The standard InChI is InChI=1S/C122H76N12/c1-4-29-77(30-5-1)117-123-118(126-121(125-117)133-113-63-56-82(80-54-60-110-98(69-80)93-43-16-21-50-107(93)129(110)85-35-6-2-7-36-85)71-101(113)102-72-83(57-64-114(102)133)81-55-61-111-99(70-81)94-44-17-22-51-108(94)130(111)86-37-8-3-9-38-86)84-34-24-33-78(67-84)79-53-62-112-100(68-79)95-45-18-23-52-109(95)132(112)88-59-66-116-104(74-88)103-73-87(131-105-48-19-14-41-91(105)92-42-15-20-49-106(92)131)58-65-115(103)134(116)122-127-119(96-46-25-31-75-27-10-12-39-89(75)96)124-120(128-122)97-47-26-32-76-28-11-13-40-90(76)97/h1-29,31-74,77H,30H2. The number of hydrogen-bond acceptors (Lipinski definition) is 6. The Balaban J connectivity index is 0.595. The molecule has 1 unspecified atom stereocenters. The summed E-state index contributed by atoms with van der Waals surface area (Å²) in [6.45, 7) is 0. The molecule has 1 aliphatic rings. The summed E-state index contributed by atoms with van der Waals surface area (Å²) in [5.41, 5.74) is 26.6. The molecule has 0 saturated carbocycles. The lowest BCUT2D eigenvalue weighted by Crippen LogP contribution is -2.11. The van der Waals surface area contributed by atoms with Crippen molar-refractivity contribution in [3.63, 3.8) is 0 Å². The highest BCUT2D eigenvalue weighted by Gasteiger charge is 2.28. The average Bonchev–Trinajstić information content (AvgIpc) is 1.56. The summed E-state index contributed by atoms with van der Waals surface area (Å²) >= 11 is 0. The monoisotopic (exact) mass is 1710 g/mol. The molecule has 0 bridgehead atoms. The molecule has 27 aromatic rings. The zero-order valence-electron chi connectivity index (χ0n) is 72.3. The van der Waals surface area contributed by atoms with E-state index in [0.717, 1.165) is 188 Å². The van der Waals surface area contributed by atoms with E-state index < -0.39 is 0 Å². The molecule has 0 amide bonds. The van der Waals surface area contributed by atoms with Gasteiger partial charge < -0.3 is 18.3 Å². The zero-order chi connectivity index (χ0) is 87.7. The SMILES string of the molecule is C1=CCC(c2nc(-c3cccc(-c4ccc5c(c4)c4ccccc4n5-c4ccc5c(c4)c4cc(-n6c7ccccc7c7ccccc76)ccc4n5-c4nc(-c5cccc6ccccc56)nc(-c5cccc6ccccc56)n4)c3)nc(-n3c4ccc(-c5ccc6c(c5)c5ccccc5n6-c5ccccc5)cc4c4cc(-c5ccc6c(c5)c5ccccc5n6-c5ccccc5)ccc43)n2)C=C1. The van der Waals surface area contributed by atoms with E-state index in [2.05, 4.69) is 470 Å². The topological polar surface area (TPSA) is 107 Å². The molecule has 0 fully saturated rings. The van der Waals surface area contributed by atoms with Crippen molar-refractivity contribution >= 4 is 152 Å². The second-order valence-electron chi connectivity index (χ2n) is 35.2. The van der Waals surface area contributed by atoms with Gasteiger partial charge in [0, 0.05) is 110 Å². The Labute approximate surface area is 767 Å². The average molecular weight is 1710 g/mol. The lowest BCUT2D eigenvalue weighted by atomic mass is 9.98. The van der Waals surface area contributed by atoms with Crippen LogP contribution in [0.15, 0.2) is 443 Å². The number of allylic oxidation sites excluding steroid dienone is 4. The van der Waals surface area contributed by atoms with Crippen LogP contribution in [0.5, 0.6) is 0 Å². The number of nitrogens with zero attached hydrogens (tertiary/aromatic N) is 12. The Morgan fingerprint density at radius 3 is 0.910 bits per heavy atom. The number of rotatable bonds is 13. The maximum Gasteiger partial charge on any atom is 0.238 e. The van der Waals surface area contributed by atoms with Crippen LogP contribution in [0.4, 0.5) is 0 Å². The van der Waals surface area contributed by atoms with Crippen molar-refractivity contribution in [2.75, 3.05) is 0 Å². The van der Waals surface area contributed by atoms with Crippen LogP contribution < -0.4 is 0 Å². The van der Waals surface area contributed by atoms with Gasteiger partial charge in [-0.2, -0.15) is 19.9 Å². The largest absolute Gasteiger partial charge is 0.309 e. The van der Waals surface area contributed by atoms with E-state index in [4.69, 9.17) is 29.9 Å². The van der Waals surface area contributed by atoms with Crippen LogP contribution in [0.25, 0.3) is 255 Å². The number of benzene rings is 19. The molecule has 0 saturated heterocycles. The van der Waals surface area contributed by atoms with Crippen LogP contribution >= 0.6 is 0 Å². The summed E-state index contributed by atoms with van der Waals surface area (Å²) in [6.07, 6.45) is 9.42. The summed E-state index contributed by atoms with van der Waals surface area (Å²) < 4.78 is 14.1. The molecule has 624 valence electrons. The first kappa shape index (κ1) is 75.0. The van der Waals surface area contributed by atoms with Crippen molar-refractivity contribution in [2.24, 2.45) is 0 Å². The van der Waals surface area contributed by atoms with Crippen molar-refractivity contribution in [3.8, 4) is 102 Å². The Morgan fingerprint density at radius 1 is 0.187 bits per heavy atom. The minimum atomic E-state index is -0.0946. The number of aromatic nitrogens is 12. The van der Waals surface area contributed by atoms with Gasteiger partial charge in [-0.1, -0.05) is 285 Å². The van der Waals surface area contributed by atoms with E-state index in [1.807, 2.05) is 0 Å². The van der Waals surface area contributed by atoms with Gasteiger partial charge in [-0.15, -0.1) is 0 Å². The molecule has 8 heterocycles. The third-order valence-corrected chi connectivity index (χ3v) is 27.8. The summed E-state index contributed by atoms with van der Waals surface area (Å²) in [5, 5.41) is 18.1. The van der Waals surface area contributed by atoms with Crippen molar-refractivity contribution in [3.05, 3.63) is 449 Å². The highest BCUT2D eigenvalue weighted by Crippen LogP contribution is 2.47. The maximum absolute atomic E-state index is 5.68. The third-order valence-electron chi connectivity index (χ3n) is 27.8. The van der Waals surface area contributed by atoms with E-state index in [1.54, 1.807) is 0 Å². The summed E-state index contributed by atoms with van der Waals surface area (Å²) in [7, 11) is 0. The normalized spacial score (nSPS) is 13.1. The molecule has 8 aromatic heterocycles. The smallest absolute Gasteiger partial charge is 0.238 e. The van der Waals surface area contributed by atoms with Gasteiger partial charge in [0.05, 0.1) is 66.2 Å². The molecular formula is C122H76N12. The van der Waals surface area contributed by atoms with E-state index in [9.17, 15) is 0 Å². The van der Waals surface area contributed by atoms with Gasteiger partial charge in [0.2, 0.25) is 11.9 Å². The summed E-state index contributed by atoms with van der Waals surface area (Å²) in [6, 6.07) is 152. The number of fused-ring (bicyclic) bond motifs is 20. The highest BCUT2D eigenvalue weighted by atomic mass is 15.2. The second kappa shape index (κ2) is 29.8. The predicted molar refractivity (Wildman–Crippen MR) is 553 cm³/mol. The lowest BCUT2D eigenvalue weighted by molar-refractivity contribution is 0.750. The quantitative estimate of drug-likeness (QED) is 0.114. The van der Waals surface area contributed by atoms with E-state index in [0.29, 0.717) is 35.2 Å². The Bertz CT molecular complexity index is 9340.